The molecule has 8 N–H and O–H groups in total. The summed E-state index contributed by atoms with van der Waals surface area (Å²) in [4.78, 5) is 0. The zero-order valence-electron chi connectivity index (χ0n) is 17.6. The highest BCUT2D eigenvalue weighted by Crippen LogP contribution is 2.41. The molecule has 2 aliphatic heterocycles. The molecule has 10 heteroatoms. The van der Waals surface area contributed by atoms with E-state index >= 15 is 0 Å². The zero-order valence-corrected chi connectivity index (χ0v) is 17.6. The van der Waals surface area contributed by atoms with Gasteiger partial charge in [0.25, 0.3) is 0 Å². The fraction of sp³-hybridized carbons (Fsp3) is 1.00. The molecule has 2 aliphatic carbocycles. The first kappa shape index (κ1) is 23.7. The van der Waals surface area contributed by atoms with Crippen LogP contribution in [0.4, 0.5) is 0 Å². The highest BCUT2D eigenvalue weighted by Gasteiger charge is 2.53. The molecular weight excluding hydrogens is 412 g/mol. The lowest BCUT2D eigenvalue weighted by molar-refractivity contribution is -0.341. The van der Waals surface area contributed by atoms with Gasteiger partial charge >= 0.3 is 0 Å². The molecule has 4 fully saturated rings. The second kappa shape index (κ2) is 9.84. The van der Waals surface area contributed by atoms with Gasteiger partial charge in [0.05, 0.1) is 30.8 Å². The van der Waals surface area contributed by atoms with Crippen LogP contribution in [-0.4, -0.2) is 114 Å². The topological polar surface area (TPSA) is 173 Å². The lowest BCUT2D eigenvalue weighted by Crippen LogP contribution is -2.62. The van der Waals surface area contributed by atoms with Crippen molar-refractivity contribution >= 4 is 0 Å². The minimum atomic E-state index is -1.53. The van der Waals surface area contributed by atoms with Crippen molar-refractivity contribution in [1.29, 1.82) is 0 Å². The SMILES string of the molecule is OCC1OC(OC2CC(O)CC3[OH+]C(C4CCC(O)CC4)C(O)CC23)C(O)C(O)C1O. The van der Waals surface area contributed by atoms with Crippen molar-refractivity contribution in [3.8, 4) is 0 Å². The van der Waals surface area contributed by atoms with E-state index in [-0.39, 0.29) is 36.6 Å². The van der Waals surface area contributed by atoms with Crippen LogP contribution >= 0.6 is 0 Å². The van der Waals surface area contributed by atoms with E-state index in [9.17, 15) is 35.7 Å². The summed E-state index contributed by atoms with van der Waals surface area (Å²) in [7, 11) is 0. The molecule has 0 radical (unpaired) electrons. The van der Waals surface area contributed by atoms with E-state index in [0.717, 1.165) is 12.8 Å². The van der Waals surface area contributed by atoms with E-state index in [1.54, 1.807) is 0 Å². The van der Waals surface area contributed by atoms with Crippen LogP contribution in [0.15, 0.2) is 0 Å². The first-order chi connectivity index (χ1) is 14.8. The van der Waals surface area contributed by atoms with E-state index in [1.165, 1.54) is 0 Å². The number of hydrogen-bond donors (Lipinski definition) is 7. The Labute approximate surface area is 181 Å². The lowest BCUT2D eigenvalue weighted by atomic mass is 9.73. The van der Waals surface area contributed by atoms with Crippen LogP contribution in [0.5, 0.6) is 0 Å². The predicted octanol–water partition coefficient (Wildman–Crippen LogP) is -2.48. The average Bonchev–Trinajstić information content (AvgIpc) is 2.75. The van der Waals surface area contributed by atoms with E-state index in [1.807, 2.05) is 0 Å². The van der Waals surface area contributed by atoms with Crippen molar-refractivity contribution in [2.24, 2.45) is 11.8 Å². The van der Waals surface area contributed by atoms with Crippen LogP contribution in [0.25, 0.3) is 0 Å². The molecule has 2 heterocycles. The van der Waals surface area contributed by atoms with E-state index in [0.29, 0.717) is 25.7 Å². The van der Waals surface area contributed by atoms with Crippen molar-refractivity contribution in [3.63, 3.8) is 0 Å². The van der Waals surface area contributed by atoms with Gasteiger partial charge in [-0.1, -0.05) is 0 Å². The number of hydrogen-bond acceptors (Lipinski definition) is 9. The van der Waals surface area contributed by atoms with Gasteiger partial charge in [0.1, 0.15) is 30.5 Å². The Morgan fingerprint density at radius 1 is 0.806 bits per heavy atom. The molecule has 0 amide bonds. The summed E-state index contributed by atoms with van der Waals surface area (Å²) in [6.07, 6.45) is -5.22. The molecule has 4 rings (SSSR count). The third-order valence-electron chi connectivity index (χ3n) is 7.64. The standard InChI is InChI=1S/C21H36O10/c22-8-16-17(26)18(27)19(28)21(31-16)30-15-6-11(24)5-14-12(15)7-13(25)20(29-14)9-1-3-10(23)4-2-9/h9-28H,1-8H2/p+1. The van der Waals surface area contributed by atoms with Gasteiger partial charge < -0.3 is 50.0 Å². The van der Waals surface area contributed by atoms with E-state index in [2.05, 4.69) is 0 Å². The Hall–Kier alpha value is -0.400. The Morgan fingerprint density at radius 2 is 1.52 bits per heavy atom. The monoisotopic (exact) mass is 449 g/mol. The third kappa shape index (κ3) is 4.93. The fourth-order valence-electron chi connectivity index (χ4n) is 5.85. The quantitative estimate of drug-likeness (QED) is 0.229. The van der Waals surface area contributed by atoms with Gasteiger partial charge in [-0.15, -0.1) is 0 Å². The first-order valence-corrected chi connectivity index (χ1v) is 11.5. The molecule has 2 saturated heterocycles. The Kier molecular flexibility index (Phi) is 7.54. The van der Waals surface area contributed by atoms with Crippen LogP contribution in [-0.2, 0) is 9.47 Å². The second-order valence-electron chi connectivity index (χ2n) is 9.74. The summed E-state index contributed by atoms with van der Waals surface area (Å²) in [6, 6.07) is 0. The van der Waals surface area contributed by atoms with Crippen LogP contribution in [0.1, 0.15) is 44.9 Å². The van der Waals surface area contributed by atoms with E-state index < -0.39 is 55.6 Å². The molecule has 4 aliphatic rings. The Balaban J connectivity index is 1.43. The number of fused-ring (bicyclic) bond motifs is 1. The molecule has 11 atom stereocenters. The van der Waals surface area contributed by atoms with Crippen molar-refractivity contribution in [2.45, 2.75) is 112 Å². The molecule has 0 aromatic rings. The minimum Gasteiger partial charge on any atom is -0.427 e. The molecule has 0 spiro atoms. The molecule has 11 unspecified atom stereocenters. The molecule has 31 heavy (non-hydrogen) atoms. The maximum atomic E-state index is 10.9. The van der Waals surface area contributed by atoms with Crippen molar-refractivity contribution in [2.75, 3.05) is 6.61 Å². The van der Waals surface area contributed by atoms with Gasteiger partial charge in [-0.2, -0.15) is 0 Å². The zero-order chi connectivity index (χ0) is 22.3. The molecule has 0 aromatic carbocycles. The van der Waals surface area contributed by atoms with Crippen LogP contribution in [0.3, 0.4) is 0 Å². The number of ether oxygens (including phenoxy) is 3. The van der Waals surface area contributed by atoms with Crippen LogP contribution in [0, 0.1) is 11.8 Å². The first-order valence-electron chi connectivity index (χ1n) is 11.5. The molecule has 180 valence electrons. The highest BCUT2D eigenvalue weighted by molar-refractivity contribution is 4.97. The maximum absolute atomic E-state index is 10.9. The Morgan fingerprint density at radius 3 is 2.19 bits per heavy atom. The van der Waals surface area contributed by atoms with Crippen molar-refractivity contribution in [3.05, 3.63) is 0 Å². The number of aliphatic hydroxyl groups is 9. The Bertz CT molecular complexity index is 583. The van der Waals surface area contributed by atoms with Gasteiger partial charge in [-0.25, -0.2) is 0 Å². The molecule has 10 nitrogen and oxygen atoms in total. The van der Waals surface area contributed by atoms with Crippen LogP contribution in [0.2, 0.25) is 0 Å². The average molecular weight is 450 g/mol. The lowest BCUT2D eigenvalue weighted by Gasteiger charge is -2.48. The van der Waals surface area contributed by atoms with Gasteiger partial charge in [0.2, 0.25) is 0 Å². The third-order valence-corrected chi connectivity index (χ3v) is 7.64. The predicted molar refractivity (Wildman–Crippen MR) is 106 cm³/mol. The molecule has 0 aromatic heterocycles. The molecule has 2 saturated carbocycles. The van der Waals surface area contributed by atoms with Gasteiger partial charge in [-0.3, -0.25) is 0 Å². The second-order valence-corrected chi connectivity index (χ2v) is 9.74. The van der Waals surface area contributed by atoms with Gasteiger partial charge in [-0.05, 0) is 32.1 Å². The molecular formula is C21H37O10+. The largest absolute Gasteiger partial charge is 0.427 e. The van der Waals surface area contributed by atoms with Gasteiger partial charge in [0.15, 0.2) is 18.5 Å². The summed E-state index contributed by atoms with van der Waals surface area (Å²) in [5.41, 5.74) is 0. The number of aliphatic hydroxyl groups excluding tert-OH is 7. The maximum Gasteiger partial charge on any atom is 0.186 e. The van der Waals surface area contributed by atoms with Crippen LogP contribution < -0.4 is 0 Å². The molecule has 0 bridgehead atoms. The highest BCUT2D eigenvalue weighted by atomic mass is 16.7. The minimum absolute atomic E-state index is 0.184. The normalized spacial score (nSPS) is 53.7. The number of rotatable bonds is 4. The summed E-state index contributed by atoms with van der Waals surface area (Å²) < 4.78 is 16.3. The summed E-state index contributed by atoms with van der Waals surface area (Å²) in [6.45, 7) is -0.546. The van der Waals surface area contributed by atoms with Gasteiger partial charge in [0, 0.05) is 18.8 Å². The summed E-state index contributed by atoms with van der Waals surface area (Å²) >= 11 is 0. The fourth-order valence-corrected chi connectivity index (χ4v) is 5.85. The van der Waals surface area contributed by atoms with Crippen molar-refractivity contribution < 1.29 is 50.0 Å². The van der Waals surface area contributed by atoms with E-state index in [4.69, 9.17) is 14.2 Å². The summed E-state index contributed by atoms with van der Waals surface area (Å²) in [5, 5.41) is 70.7. The smallest absolute Gasteiger partial charge is 0.186 e. The summed E-state index contributed by atoms with van der Waals surface area (Å²) in [5.74, 6) is 0.0273. The van der Waals surface area contributed by atoms with Crippen molar-refractivity contribution in [1.82, 2.24) is 0 Å².